The monoisotopic (exact) mass is 264 g/mol. The zero-order valence-corrected chi connectivity index (χ0v) is 10.8. The molecule has 1 aliphatic heterocycles. The Morgan fingerprint density at radius 3 is 3.05 bits per heavy atom. The molecule has 0 aliphatic carbocycles. The van der Waals surface area contributed by atoms with Crippen molar-refractivity contribution in [2.75, 3.05) is 26.7 Å². The van der Waals surface area contributed by atoms with Gasteiger partial charge in [-0.15, -0.1) is 0 Å². The second-order valence-electron chi connectivity index (χ2n) is 4.34. The molecule has 0 atom stereocenters. The molecule has 4 nitrogen and oxygen atoms in total. The van der Waals surface area contributed by atoms with Crippen LogP contribution in [0.2, 0.25) is 0 Å². The molecule has 0 fully saturated rings. The molecule has 0 bridgehead atoms. The van der Waals surface area contributed by atoms with Gasteiger partial charge in [0, 0.05) is 13.1 Å². The largest absolute Gasteiger partial charge is 0.496 e. The number of amides is 1. The van der Waals surface area contributed by atoms with Crippen LogP contribution in [-0.4, -0.2) is 32.7 Å². The summed E-state index contributed by atoms with van der Waals surface area (Å²) < 4.78 is 18.2. The first-order valence-corrected chi connectivity index (χ1v) is 6.21. The Labute approximate surface area is 111 Å². The molecule has 1 aromatic carbocycles. The van der Waals surface area contributed by atoms with Gasteiger partial charge in [-0.05, 0) is 31.2 Å². The van der Waals surface area contributed by atoms with Gasteiger partial charge < -0.3 is 15.4 Å². The zero-order valence-electron chi connectivity index (χ0n) is 10.8. The lowest BCUT2D eigenvalue weighted by molar-refractivity contribution is 0.0953. The first-order chi connectivity index (χ1) is 9.20. The summed E-state index contributed by atoms with van der Waals surface area (Å²) in [5.41, 5.74) is 1.40. The highest BCUT2D eigenvalue weighted by Gasteiger charge is 2.13. The summed E-state index contributed by atoms with van der Waals surface area (Å²) in [5.74, 6) is -0.402. The molecule has 102 valence electrons. The van der Waals surface area contributed by atoms with Crippen molar-refractivity contribution < 1.29 is 13.9 Å². The van der Waals surface area contributed by atoms with E-state index >= 15 is 0 Å². The maximum absolute atomic E-state index is 13.2. The van der Waals surface area contributed by atoms with Gasteiger partial charge in [0.1, 0.15) is 11.6 Å². The summed E-state index contributed by atoms with van der Waals surface area (Å²) in [6, 6.07) is 3.91. The Morgan fingerprint density at radius 1 is 1.53 bits per heavy atom. The number of halogens is 1. The summed E-state index contributed by atoms with van der Waals surface area (Å²) in [6.45, 7) is 2.24. The van der Waals surface area contributed by atoms with Crippen molar-refractivity contribution in [1.82, 2.24) is 10.6 Å². The molecule has 2 rings (SSSR count). The van der Waals surface area contributed by atoms with Gasteiger partial charge in [-0.1, -0.05) is 11.6 Å². The molecule has 1 heterocycles. The fourth-order valence-corrected chi connectivity index (χ4v) is 1.98. The standard InChI is InChI=1S/C14H17FN2O2/c1-19-13-3-2-11(15)8-12(13)14(18)17-9-10-4-6-16-7-5-10/h2-4,8,16H,5-7,9H2,1H3,(H,17,18). The van der Waals surface area contributed by atoms with E-state index in [1.165, 1.54) is 30.9 Å². The molecule has 19 heavy (non-hydrogen) atoms. The number of nitrogens with one attached hydrogen (secondary N) is 2. The molecule has 0 radical (unpaired) electrons. The third-order valence-electron chi connectivity index (χ3n) is 3.04. The molecule has 1 amide bonds. The summed E-state index contributed by atoms with van der Waals surface area (Å²) >= 11 is 0. The minimum Gasteiger partial charge on any atom is -0.496 e. The van der Waals surface area contributed by atoms with Crippen molar-refractivity contribution in [3.05, 3.63) is 41.2 Å². The van der Waals surface area contributed by atoms with Crippen LogP contribution in [0.3, 0.4) is 0 Å². The van der Waals surface area contributed by atoms with E-state index in [9.17, 15) is 9.18 Å². The van der Waals surface area contributed by atoms with Crippen molar-refractivity contribution >= 4 is 5.91 Å². The van der Waals surface area contributed by atoms with E-state index in [0.29, 0.717) is 12.3 Å². The van der Waals surface area contributed by atoms with Crippen LogP contribution >= 0.6 is 0 Å². The minimum absolute atomic E-state index is 0.219. The van der Waals surface area contributed by atoms with Crippen LogP contribution in [0.25, 0.3) is 0 Å². The average Bonchev–Trinajstić information content (AvgIpc) is 2.46. The van der Waals surface area contributed by atoms with E-state index < -0.39 is 5.82 Å². The van der Waals surface area contributed by atoms with Crippen LogP contribution in [0, 0.1) is 5.82 Å². The molecule has 0 saturated heterocycles. The average molecular weight is 264 g/mol. The van der Waals surface area contributed by atoms with Crippen molar-refractivity contribution in [2.45, 2.75) is 6.42 Å². The van der Waals surface area contributed by atoms with E-state index in [4.69, 9.17) is 4.74 Å². The second-order valence-corrected chi connectivity index (χ2v) is 4.34. The maximum atomic E-state index is 13.2. The van der Waals surface area contributed by atoms with Gasteiger partial charge in [-0.2, -0.15) is 0 Å². The fourth-order valence-electron chi connectivity index (χ4n) is 1.98. The molecule has 0 spiro atoms. The lowest BCUT2D eigenvalue weighted by atomic mass is 10.1. The zero-order chi connectivity index (χ0) is 13.7. The van der Waals surface area contributed by atoms with Gasteiger partial charge in [0.25, 0.3) is 5.91 Å². The predicted octanol–water partition coefficient (Wildman–Crippen LogP) is 1.48. The van der Waals surface area contributed by atoms with Gasteiger partial charge in [0.2, 0.25) is 0 Å². The molecule has 2 N–H and O–H groups in total. The summed E-state index contributed by atoms with van der Waals surface area (Å²) in [6.07, 6.45) is 2.98. The molecular weight excluding hydrogens is 247 g/mol. The third kappa shape index (κ3) is 3.54. The highest BCUT2D eigenvalue weighted by Crippen LogP contribution is 2.19. The van der Waals surface area contributed by atoms with Gasteiger partial charge in [-0.25, -0.2) is 4.39 Å². The van der Waals surface area contributed by atoms with Crippen LogP contribution < -0.4 is 15.4 Å². The molecule has 1 aromatic rings. The van der Waals surface area contributed by atoms with Crippen LogP contribution in [0.5, 0.6) is 5.75 Å². The number of carbonyl (C=O) groups excluding carboxylic acids is 1. The number of ether oxygens (including phenoxy) is 1. The van der Waals surface area contributed by atoms with Crippen LogP contribution in [0.15, 0.2) is 29.8 Å². The molecule has 5 heteroatoms. The second kappa shape index (κ2) is 6.33. The van der Waals surface area contributed by atoms with Gasteiger partial charge in [-0.3, -0.25) is 4.79 Å². The van der Waals surface area contributed by atoms with E-state index in [1.54, 1.807) is 0 Å². The van der Waals surface area contributed by atoms with Crippen LogP contribution in [0.4, 0.5) is 4.39 Å². The van der Waals surface area contributed by atoms with E-state index in [1.807, 2.05) is 0 Å². The number of rotatable bonds is 4. The first kappa shape index (κ1) is 13.5. The molecule has 0 unspecified atom stereocenters. The Morgan fingerprint density at radius 2 is 2.37 bits per heavy atom. The number of carbonyl (C=O) groups is 1. The molecule has 1 aliphatic rings. The van der Waals surface area contributed by atoms with E-state index in [2.05, 4.69) is 16.7 Å². The number of benzene rings is 1. The lowest BCUT2D eigenvalue weighted by Gasteiger charge is -2.15. The van der Waals surface area contributed by atoms with Crippen molar-refractivity contribution in [3.8, 4) is 5.75 Å². The molecular formula is C14H17FN2O2. The van der Waals surface area contributed by atoms with Gasteiger partial charge >= 0.3 is 0 Å². The SMILES string of the molecule is COc1ccc(F)cc1C(=O)NCC1=CCNCC1. The number of methoxy groups -OCH3 is 1. The minimum atomic E-state index is -0.452. The highest BCUT2D eigenvalue weighted by molar-refractivity contribution is 5.97. The predicted molar refractivity (Wildman–Crippen MR) is 70.9 cm³/mol. The van der Waals surface area contributed by atoms with Crippen LogP contribution in [-0.2, 0) is 0 Å². The van der Waals surface area contributed by atoms with Crippen molar-refractivity contribution in [1.29, 1.82) is 0 Å². The van der Waals surface area contributed by atoms with Crippen molar-refractivity contribution in [2.24, 2.45) is 0 Å². The topological polar surface area (TPSA) is 50.4 Å². The van der Waals surface area contributed by atoms with Gasteiger partial charge in [0.05, 0.1) is 12.7 Å². The summed E-state index contributed by atoms with van der Waals surface area (Å²) in [5, 5.41) is 5.99. The lowest BCUT2D eigenvalue weighted by Crippen LogP contribution is -2.29. The van der Waals surface area contributed by atoms with Gasteiger partial charge in [0.15, 0.2) is 0 Å². The first-order valence-electron chi connectivity index (χ1n) is 6.21. The quantitative estimate of drug-likeness (QED) is 0.810. The van der Waals surface area contributed by atoms with Crippen LogP contribution in [0.1, 0.15) is 16.8 Å². The van der Waals surface area contributed by atoms with E-state index in [-0.39, 0.29) is 11.5 Å². The van der Waals surface area contributed by atoms with E-state index in [0.717, 1.165) is 19.5 Å². The van der Waals surface area contributed by atoms with Crippen molar-refractivity contribution in [3.63, 3.8) is 0 Å². The summed E-state index contributed by atoms with van der Waals surface area (Å²) in [7, 11) is 1.46. The Hall–Kier alpha value is -1.88. The Bertz CT molecular complexity index is 500. The Balaban J connectivity index is 2.03. The smallest absolute Gasteiger partial charge is 0.255 e. The number of hydrogen-bond donors (Lipinski definition) is 2. The molecule has 0 saturated carbocycles. The Kier molecular flexibility index (Phi) is 4.52. The highest BCUT2D eigenvalue weighted by atomic mass is 19.1. The summed E-state index contributed by atoms with van der Waals surface area (Å²) in [4.78, 5) is 12.0. The maximum Gasteiger partial charge on any atom is 0.255 e. The number of hydrogen-bond acceptors (Lipinski definition) is 3. The fraction of sp³-hybridized carbons (Fsp3) is 0.357. The third-order valence-corrected chi connectivity index (χ3v) is 3.04. The molecule has 0 aromatic heterocycles. The normalized spacial score (nSPS) is 14.7.